The molecule has 0 radical (unpaired) electrons. The molecule has 3 heterocycles. The molecule has 0 aliphatic rings. The van der Waals surface area contributed by atoms with Crippen LogP contribution in [0, 0.1) is 12.3 Å². The van der Waals surface area contributed by atoms with Crippen molar-refractivity contribution in [1.29, 1.82) is 0 Å². The number of hydrogen-bond donors (Lipinski definition) is 1. The molecule has 38 heavy (non-hydrogen) atoms. The quantitative estimate of drug-likeness (QED) is 0.256. The van der Waals surface area contributed by atoms with Gasteiger partial charge < -0.3 is 9.73 Å². The Morgan fingerprint density at radius 3 is 2.50 bits per heavy atom. The van der Waals surface area contributed by atoms with Crippen LogP contribution < -0.4 is 10.2 Å². The first-order valence-electron chi connectivity index (χ1n) is 11.8. The van der Waals surface area contributed by atoms with Crippen LogP contribution in [0.25, 0.3) is 21.4 Å². The highest BCUT2D eigenvalue weighted by molar-refractivity contribution is 7.17. The number of thiazole rings is 1. The first-order valence-corrected chi connectivity index (χ1v) is 13.5. The van der Waals surface area contributed by atoms with Crippen LogP contribution in [0.15, 0.2) is 76.3 Å². The zero-order chi connectivity index (χ0) is 26.9. The monoisotopic (exact) mass is 540 g/mol. The number of amides is 2. The minimum absolute atomic E-state index is 0.176. The number of terminal acetylenes is 1. The number of carbonyl (C=O) groups is 2. The van der Waals surface area contributed by atoms with Crippen LogP contribution in [0.2, 0.25) is 0 Å². The van der Waals surface area contributed by atoms with Gasteiger partial charge in [-0.25, -0.2) is 9.97 Å². The summed E-state index contributed by atoms with van der Waals surface area (Å²) in [4.78, 5) is 37.9. The van der Waals surface area contributed by atoms with Gasteiger partial charge in [0.2, 0.25) is 5.91 Å². The van der Waals surface area contributed by atoms with Gasteiger partial charge >= 0.3 is 0 Å². The van der Waals surface area contributed by atoms with Crippen LogP contribution in [0.4, 0.5) is 5.69 Å². The maximum absolute atomic E-state index is 14.1. The summed E-state index contributed by atoms with van der Waals surface area (Å²) < 4.78 is 6.44. The zero-order valence-corrected chi connectivity index (χ0v) is 22.6. The number of thiophene rings is 1. The van der Waals surface area contributed by atoms with E-state index in [9.17, 15) is 9.59 Å². The fourth-order valence-corrected chi connectivity index (χ4v) is 5.71. The van der Waals surface area contributed by atoms with E-state index in [4.69, 9.17) is 10.8 Å². The highest BCUT2D eigenvalue weighted by Crippen LogP contribution is 2.37. The standard InChI is InChI=1S/C29H24N4O3S2/c1-5-25-31-22(16-38-25)28(35)33(19-12-10-18(11-13-19)23-14-30-17-36-23)26(27(34)32-29(2,3)4)21-15-37-24-9-7-6-8-20(21)24/h1,6-17,26H,2-4H3,(H,32,34)/t26-/m1/s1. The number of oxazole rings is 1. The Morgan fingerprint density at radius 1 is 1.08 bits per heavy atom. The highest BCUT2D eigenvalue weighted by atomic mass is 32.1. The lowest BCUT2D eigenvalue weighted by Crippen LogP contribution is -2.49. The average Bonchev–Trinajstić information content (AvgIpc) is 3.67. The van der Waals surface area contributed by atoms with Crippen molar-refractivity contribution >= 4 is 50.3 Å². The van der Waals surface area contributed by atoms with E-state index in [1.54, 1.807) is 23.7 Å². The maximum Gasteiger partial charge on any atom is 0.278 e. The van der Waals surface area contributed by atoms with Gasteiger partial charge in [0, 0.05) is 32.4 Å². The smallest absolute Gasteiger partial charge is 0.278 e. The zero-order valence-electron chi connectivity index (χ0n) is 21.0. The second kappa shape index (κ2) is 10.2. The molecule has 2 amide bonds. The summed E-state index contributed by atoms with van der Waals surface area (Å²) >= 11 is 2.74. The summed E-state index contributed by atoms with van der Waals surface area (Å²) in [5.41, 5.74) is 1.70. The van der Waals surface area contributed by atoms with Crippen molar-refractivity contribution < 1.29 is 14.0 Å². The van der Waals surface area contributed by atoms with E-state index in [-0.39, 0.29) is 11.6 Å². The first-order chi connectivity index (χ1) is 18.2. The van der Waals surface area contributed by atoms with Crippen LogP contribution >= 0.6 is 22.7 Å². The minimum Gasteiger partial charge on any atom is -0.444 e. The van der Waals surface area contributed by atoms with Crippen LogP contribution in [-0.2, 0) is 4.79 Å². The Kier molecular flexibility index (Phi) is 6.85. The summed E-state index contributed by atoms with van der Waals surface area (Å²) in [5, 5.41) is 7.94. The van der Waals surface area contributed by atoms with Crippen LogP contribution in [-0.4, -0.2) is 27.3 Å². The molecule has 190 valence electrons. The van der Waals surface area contributed by atoms with Gasteiger partial charge in [0.25, 0.3) is 5.91 Å². The van der Waals surface area contributed by atoms with Crippen molar-refractivity contribution in [3.8, 4) is 23.7 Å². The molecule has 3 aromatic heterocycles. The first kappa shape index (κ1) is 25.4. The number of nitrogens with zero attached hydrogens (tertiary/aromatic N) is 3. The van der Waals surface area contributed by atoms with E-state index in [0.717, 1.165) is 21.2 Å². The van der Waals surface area contributed by atoms with Gasteiger partial charge in [0.05, 0.1) is 6.20 Å². The molecule has 2 aromatic carbocycles. The fraction of sp³-hybridized carbons (Fsp3) is 0.172. The lowest BCUT2D eigenvalue weighted by atomic mass is 9.99. The number of fused-ring (bicyclic) bond motifs is 1. The molecule has 0 saturated heterocycles. The molecule has 0 spiro atoms. The Labute approximate surface area is 228 Å². The molecule has 7 nitrogen and oxygen atoms in total. The van der Waals surface area contributed by atoms with Crippen LogP contribution in [0.5, 0.6) is 0 Å². The van der Waals surface area contributed by atoms with Crippen LogP contribution in [0.3, 0.4) is 0 Å². The third-order valence-corrected chi connectivity index (χ3v) is 7.49. The van der Waals surface area contributed by atoms with E-state index in [1.807, 2.05) is 62.5 Å². The van der Waals surface area contributed by atoms with Crippen molar-refractivity contribution in [2.45, 2.75) is 32.4 Å². The predicted molar refractivity (Wildman–Crippen MR) is 151 cm³/mol. The van der Waals surface area contributed by atoms with Gasteiger partial charge in [-0.2, -0.15) is 0 Å². The Morgan fingerprint density at radius 2 is 1.84 bits per heavy atom. The maximum atomic E-state index is 14.1. The molecule has 0 aliphatic carbocycles. The molecular weight excluding hydrogens is 516 g/mol. The fourth-order valence-electron chi connectivity index (χ4n) is 4.14. The summed E-state index contributed by atoms with van der Waals surface area (Å²) in [6.45, 7) is 5.73. The Hall–Kier alpha value is -4.26. The SMILES string of the molecule is C#Cc1nc(C(=O)N(c2ccc(-c3cnco3)cc2)[C@@H](C(=O)NC(C)(C)C)c2csc3ccccc23)cs1. The number of nitrogens with one attached hydrogen (secondary N) is 1. The summed E-state index contributed by atoms with van der Waals surface area (Å²) in [7, 11) is 0. The molecule has 0 aliphatic heterocycles. The van der Waals surface area contributed by atoms with Crippen molar-refractivity contribution in [3.05, 3.63) is 88.1 Å². The molecule has 0 saturated carbocycles. The Balaban J connectivity index is 1.69. The number of aromatic nitrogens is 2. The molecule has 0 bridgehead atoms. The van der Waals surface area contributed by atoms with Crippen molar-refractivity contribution in [3.63, 3.8) is 0 Å². The lowest BCUT2D eigenvalue weighted by Gasteiger charge is -2.33. The molecule has 1 N–H and O–H groups in total. The van der Waals surface area contributed by atoms with Crippen molar-refractivity contribution in [2.75, 3.05) is 4.90 Å². The van der Waals surface area contributed by atoms with Crippen molar-refractivity contribution in [2.24, 2.45) is 0 Å². The van der Waals surface area contributed by atoms with Gasteiger partial charge in [-0.1, -0.05) is 18.2 Å². The summed E-state index contributed by atoms with van der Waals surface area (Å²) in [5.74, 6) is 2.34. The third kappa shape index (κ3) is 5.09. The minimum atomic E-state index is -0.968. The lowest BCUT2D eigenvalue weighted by molar-refractivity contribution is -0.123. The topological polar surface area (TPSA) is 88.3 Å². The second-order valence-electron chi connectivity index (χ2n) is 9.60. The number of benzene rings is 2. The van der Waals surface area contributed by atoms with E-state index in [2.05, 4.69) is 21.2 Å². The molecular formula is C29H24N4O3S2. The predicted octanol–water partition coefficient (Wildman–Crippen LogP) is 6.30. The van der Waals surface area contributed by atoms with Gasteiger partial charge in [0.1, 0.15) is 11.7 Å². The van der Waals surface area contributed by atoms with E-state index in [0.29, 0.717) is 16.5 Å². The highest BCUT2D eigenvalue weighted by Gasteiger charge is 2.37. The largest absolute Gasteiger partial charge is 0.444 e. The van der Waals surface area contributed by atoms with Gasteiger partial charge in [0.15, 0.2) is 17.2 Å². The second-order valence-corrected chi connectivity index (χ2v) is 11.4. The van der Waals surface area contributed by atoms with Gasteiger partial charge in [-0.05, 0) is 67.8 Å². The van der Waals surface area contributed by atoms with E-state index in [1.165, 1.54) is 34.0 Å². The van der Waals surface area contributed by atoms with Crippen LogP contribution in [0.1, 0.15) is 47.9 Å². The molecule has 1 atom stereocenters. The number of rotatable bonds is 6. The number of hydrogen-bond acceptors (Lipinski definition) is 7. The summed E-state index contributed by atoms with van der Waals surface area (Å²) in [6, 6.07) is 14.1. The Bertz CT molecular complexity index is 1640. The van der Waals surface area contributed by atoms with E-state index < -0.39 is 17.5 Å². The molecule has 0 unspecified atom stereocenters. The number of carbonyl (C=O) groups excluding carboxylic acids is 2. The normalized spacial score (nSPS) is 12.2. The van der Waals surface area contributed by atoms with Crippen molar-refractivity contribution in [1.82, 2.24) is 15.3 Å². The molecule has 5 rings (SSSR count). The van der Waals surface area contributed by atoms with Gasteiger partial charge in [-0.15, -0.1) is 29.1 Å². The third-order valence-electron chi connectivity index (χ3n) is 5.74. The summed E-state index contributed by atoms with van der Waals surface area (Å²) in [6.07, 6.45) is 8.50. The molecule has 9 heteroatoms. The number of anilines is 1. The average molecular weight is 541 g/mol. The van der Waals surface area contributed by atoms with Gasteiger partial charge in [-0.3, -0.25) is 14.5 Å². The van der Waals surface area contributed by atoms with E-state index >= 15 is 0 Å². The molecule has 0 fully saturated rings. The molecule has 5 aromatic rings.